The van der Waals surface area contributed by atoms with E-state index >= 15 is 0 Å². The minimum Gasteiger partial charge on any atom is -0.338 e. The van der Waals surface area contributed by atoms with Gasteiger partial charge in [0.2, 0.25) is 0 Å². The van der Waals surface area contributed by atoms with Gasteiger partial charge in [0.1, 0.15) is 0 Å². The Morgan fingerprint density at radius 2 is 1.31 bits per heavy atom. The Bertz CT molecular complexity index is 2370. The van der Waals surface area contributed by atoms with Crippen LogP contribution in [0.3, 0.4) is 0 Å². The number of hydrogen-bond donors (Lipinski definition) is 0. The summed E-state index contributed by atoms with van der Waals surface area (Å²) in [6.07, 6.45) is 34.3. The van der Waals surface area contributed by atoms with E-state index in [2.05, 4.69) is 204 Å². The maximum Gasteiger partial charge on any atom is 0.0556 e. The van der Waals surface area contributed by atoms with E-state index in [1.807, 2.05) is 0 Å². The zero-order valence-electron chi connectivity index (χ0n) is 30.8. The van der Waals surface area contributed by atoms with Crippen molar-refractivity contribution in [3.05, 3.63) is 217 Å². The minimum absolute atomic E-state index is 0.273. The molecule has 4 aliphatic rings. The molecule has 0 fully saturated rings. The van der Waals surface area contributed by atoms with Crippen LogP contribution in [0.15, 0.2) is 206 Å². The van der Waals surface area contributed by atoms with Crippen molar-refractivity contribution in [2.24, 2.45) is 5.92 Å². The predicted molar refractivity (Wildman–Crippen MR) is 231 cm³/mol. The predicted octanol–water partition coefficient (Wildman–Crippen LogP) is 14.0. The van der Waals surface area contributed by atoms with E-state index in [4.69, 9.17) is 0 Å². The number of fused-ring (bicyclic) bond motifs is 1. The Morgan fingerprint density at radius 3 is 2.06 bits per heavy atom. The Hall–Kier alpha value is -6.12. The first-order chi connectivity index (χ1) is 26.8. The van der Waals surface area contributed by atoms with Gasteiger partial charge in [-0.2, -0.15) is 0 Å². The van der Waals surface area contributed by atoms with E-state index in [0.29, 0.717) is 5.92 Å². The molecule has 0 spiro atoms. The van der Waals surface area contributed by atoms with Gasteiger partial charge in [-0.1, -0.05) is 146 Å². The van der Waals surface area contributed by atoms with Crippen LogP contribution in [-0.2, 0) is 0 Å². The zero-order valence-corrected chi connectivity index (χ0v) is 30.8. The minimum atomic E-state index is 0.273. The summed E-state index contributed by atoms with van der Waals surface area (Å²) in [7, 11) is 0. The largest absolute Gasteiger partial charge is 0.338 e. The third-order valence-corrected chi connectivity index (χ3v) is 11.3. The van der Waals surface area contributed by atoms with E-state index in [1.165, 1.54) is 55.7 Å². The molecule has 264 valence electrons. The van der Waals surface area contributed by atoms with Gasteiger partial charge in [-0.25, -0.2) is 0 Å². The molecule has 0 saturated heterocycles. The summed E-state index contributed by atoms with van der Waals surface area (Å²) in [5.74, 6) is 0.481. The van der Waals surface area contributed by atoms with E-state index in [1.54, 1.807) is 0 Å². The zero-order chi connectivity index (χ0) is 36.1. The fourth-order valence-corrected chi connectivity index (χ4v) is 8.43. The number of anilines is 4. The molecule has 2 nitrogen and oxygen atoms in total. The molecule has 0 amide bonds. The van der Waals surface area contributed by atoms with Crippen LogP contribution in [0.25, 0.3) is 21.9 Å². The number of hydrogen-bond acceptors (Lipinski definition) is 2. The standard InChI is InChI=1S/C52H46N2/c1-4-13-39(14-5-1)41-23-31-47(32-24-41)53(48-33-25-42(26-34-48)40-15-6-2-7-16-40)49-35-27-43(28-36-49)44-29-37-50(38-30-44)54(46-19-8-3-9-20-46)52-22-12-18-45-17-10-11-21-51(45)52/h1,3-6,8-13,15-27,29-31,33-35,37-39,47H,2,7,14,28,32,36H2. The summed E-state index contributed by atoms with van der Waals surface area (Å²) in [5, 5.41) is 2.48. The quantitative estimate of drug-likeness (QED) is 0.151. The van der Waals surface area contributed by atoms with Crippen LogP contribution in [0, 0.1) is 5.92 Å². The molecule has 0 saturated carbocycles. The van der Waals surface area contributed by atoms with Crippen molar-refractivity contribution in [3.8, 4) is 0 Å². The number of rotatable bonds is 9. The molecule has 5 aromatic carbocycles. The van der Waals surface area contributed by atoms with Gasteiger partial charge in [0.25, 0.3) is 0 Å². The smallest absolute Gasteiger partial charge is 0.0556 e. The number of para-hydroxylation sites is 1. The highest BCUT2D eigenvalue weighted by Crippen LogP contribution is 2.41. The topological polar surface area (TPSA) is 6.48 Å². The first-order valence-electron chi connectivity index (χ1n) is 19.6. The third-order valence-electron chi connectivity index (χ3n) is 11.3. The second-order valence-electron chi connectivity index (χ2n) is 14.6. The molecule has 0 radical (unpaired) electrons. The molecule has 0 aromatic heterocycles. The summed E-state index contributed by atoms with van der Waals surface area (Å²) < 4.78 is 0. The van der Waals surface area contributed by atoms with Crippen LogP contribution in [0.2, 0.25) is 0 Å². The molecule has 0 aliphatic heterocycles. The third kappa shape index (κ3) is 7.00. The highest BCUT2D eigenvalue weighted by Gasteiger charge is 2.25. The summed E-state index contributed by atoms with van der Waals surface area (Å²) in [6.45, 7) is 0. The van der Waals surface area contributed by atoms with E-state index in [9.17, 15) is 0 Å². The maximum atomic E-state index is 2.59. The molecular weight excluding hydrogens is 653 g/mol. The monoisotopic (exact) mass is 698 g/mol. The fraction of sp³-hybridized carbons (Fsp3) is 0.154. The second-order valence-corrected chi connectivity index (χ2v) is 14.6. The van der Waals surface area contributed by atoms with Gasteiger partial charge in [0, 0.05) is 34.1 Å². The van der Waals surface area contributed by atoms with Gasteiger partial charge < -0.3 is 9.80 Å². The Morgan fingerprint density at radius 1 is 0.537 bits per heavy atom. The van der Waals surface area contributed by atoms with Crippen molar-refractivity contribution in [1.82, 2.24) is 0 Å². The summed E-state index contributed by atoms with van der Waals surface area (Å²) in [6, 6.07) is 44.6. The van der Waals surface area contributed by atoms with Crippen LogP contribution >= 0.6 is 0 Å². The molecule has 0 heterocycles. The average Bonchev–Trinajstić information content (AvgIpc) is 3.26. The molecule has 9 rings (SSSR count). The van der Waals surface area contributed by atoms with Gasteiger partial charge in [-0.3, -0.25) is 0 Å². The summed E-state index contributed by atoms with van der Waals surface area (Å²) >= 11 is 0. The highest BCUT2D eigenvalue weighted by molar-refractivity contribution is 5.99. The summed E-state index contributed by atoms with van der Waals surface area (Å²) in [5.41, 5.74) is 12.8. The SMILES string of the molecule is C1=CCC(C2=CCC(N(C3=CC=C(c4ccc(N(c5ccccc5)c5cccc6ccccc56)cc4)CC3)c3ccc(C4=CCCC=C4)cc3)C=C2)C=C1. The molecule has 2 unspecified atom stereocenters. The Kier molecular flexibility index (Phi) is 9.65. The Labute approximate surface area is 320 Å². The number of allylic oxidation sites excluding steroid dienone is 14. The van der Waals surface area contributed by atoms with Crippen LogP contribution in [0.4, 0.5) is 22.7 Å². The van der Waals surface area contributed by atoms with Gasteiger partial charge in [-0.05, 0) is 120 Å². The van der Waals surface area contributed by atoms with Crippen molar-refractivity contribution in [2.75, 3.05) is 9.80 Å². The summed E-state index contributed by atoms with van der Waals surface area (Å²) in [4.78, 5) is 4.97. The average molecular weight is 699 g/mol. The van der Waals surface area contributed by atoms with Gasteiger partial charge in [0.15, 0.2) is 0 Å². The Balaban J connectivity index is 1.01. The first-order valence-corrected chi connectivity index (χ1v) is 19.6. The van der Waals surface area contributed by atoms with E-state index in [0.717, 1.165) is 49.9 Å². The maximum absolute atomic E-state index is 2.59. The first kappa shape index (κ1) is 33.7. The van der Waals surface area contributed by atoms with Crippen LogP contribution in [-0.4, -0.2) is 6.04 Å². The van der Waals surface area contributed by atoms with Crippen LogP contribution in [0.5, 0.6) is 0 Å². The van der Waals surface area contributed by atoms with Crippen molar-refractivity contribution < 1.29 is 0 Å². The van der Waals surface area contributed by atoms with Gasteiger partial charge in [0.05, 0.1) is 11.7 Å². The lowest BCUT2D eigenvalue weighted by molar-refractivity contribution is 0.699. The van der Waals surface area contributed by atoms with Crippen molar-refractivity contribution >= 4 is 44.7 Å². The van der Waals surface area contributed by atoms with Gasteiger partial charge >= 0.3 is 0 Å². The van der Waals surface area contributed by atoms with Crippen molar-refractivity contribution in [1.29, 1.82) is 0 Å². The molecule has 0 bridgehead atoms. The fourth-order valence-electron chi connectivity index (χ4n) is 8.43. The number of nitrogens with zero attached hydrogens (tertiary/aromatic N) is 2. The van der Waals surface area contributed by atoms with Crippen LogP contribution in [0.1, 0.15) is 49.7 Å². The molecule has 2 atom stereocenters. The molecule has 2 heteroatoms. The number of benzene rings is 5. The lowest BCUT2D eigenvalue weighted by Gasteiger charge is -2.37. The molecule has 5 aromatic rings. The lowest BCUT2D eigenvalue weighted by atomic mass is 9.87. The highest BCUT2D eigenvalue weighted by atomic mass is 15.2. The molecule has 54 heavy (non-hydrogen) atoms. The van der Waals surface area contributed by atoms with Crippen molar-refractivity contribution in [3.63, 3.8) is 0 Å². The van der Waals surface area contributed by atoms with E-state index < -0.39 is 0 Å². The lowest BCUT2D eigenvalue weighted by Crippen LogP contribution is -2.34. The molecule has 0 N–H and O–H groups in total. The molecule has 4 aliphatic carbocycles. The second kappa shape index (κ2) is 15.5. The van der Waals surface area contributed by atoms with Crippen LogP contribution < -0.4 is 9.80 Å². The van der Waals surface area contributed by atoms with Crippen molar-refractivity contribution in [2.45, 2.75) is 44.6 Å². The molecular formula is C52H46N2. The van der Waals surface area contributed by atoms with E-state index in [-0.39, 0.29) is 6.04 Å². The van der Waals surface area contributed by atoms with Gasteiger partial charge in [-0.15, -0.1) is 0 Å². The normalized spacial score (nSPS) is 19.2.